The van der Waals surface area contributed by atoms with Crippen molar-refractivity contribution in [2.45, 2.75) is 45.4 Å². The van der Waals surface area contributed by atoms with E-state index in [4.69, 9.17) is 32.7 Å². The third-order valence-corrected chi connectivity index (χ3v) is 4.83. The van der Waals surface area contributed by atoms with E-state index in [0.29, 0.717) is 0 Å². The first-order chi connectivity index (χ1) is 12.3. The lowest BCUT2D eigenvalue weighted by atomic mass is 10.0. The van der Waals surface area contributed by atoms with Crippen molar-refractivity contribution in [3.8, 4) is 11.5 Å². The number of fused-ring (bicyclic) bond motifs is 1. The third kappa shape index (κ3) is 6.60. The third-order valence-electron chi connectivity index (χ3n) is 4.29. The van der Waals surface area contributed by atoms with E-state index < -0.39 is 0 Å². The van der Waals surface area contributed by atoms with E-state index in [1.807, 2.05) is 6.07 Å². The lowest BCUT2D eigenvalue weighted by molar-refractivity contribution is 0.304. The number of halogens is 2. The number of ether oxygens (including phenoxy) is 2. The predicted octanol–water partition coefficient (Wildman–Crippen LogP) is 6.72. The van der Waals surface area contributed by atoms with Crippen molar-refractivity contribution in [2.75, 3.05) is 25.0 Å². The number of alkyl halides is 2. The van der Waals surface area contributed by atoms with Crippen LogP contribution in [0.1, 0.15) is 44.1 Å². The lowest BCUT2D eigenvalue weighted by Crippen LogP contribution is -2.00. The number of rotatable bonds is 12. The van der Waals surface area contributed by atoms with Gasteiger partial charge in [0, 0.05) is 11.8 Å². The maximum atomic E-state index is 5.94. The van der Waals surface area contributed by atoms with Crippen molar-refractivity contribution >= 4 is 34.0 Å². The molecule has 0 saturated carbocycles. The van der Waals surface area contributed by atoms with Gasteiger partial charge in [0.05, 0.1) is 13.2 Å². The highest BCUT2D eigenvalue weighted by molar-refractivity contribution is 6.18. The molecule has 2 nitrogen and oxygen atoms in total. The molecule has 0 atom stereocenters. The smallest absolute Gasteiger partial charge is 0.122 e. The minimum Gasteiger partial charge on any atom is -0.494 e. The Balaban J connectivity index is 1.93. The fourth-order valence-corrected chi connectivity index (χ4v) is 3.19. The monoisotopic (exact) mass is 382 g/mol. The highest BCUT2D eigenvalue weighted by Crippen LogP contribution is 2.30. The molecular weight excluding hydrogens is 355 g/mol. The SMILES string of the molecule is Cc1c(OCCCCCCl)ccc2cc(OCCCCCCl)ccc12. The zero-order valence-corrected chi connectivity index (χ0v) is 16.5. The second-order valence-electron chi connectivity index (χ2n) is 6.27. The molecule has 25 heavy (non-hydrogen) atoms. The summed E-state index contributed by atoms with van der Waals surface area (Å²) in [5.74, 6) is 3.35. The molecule has 0 aromatic heterocycles. The molecule has 0 heterocycles. The fourth-order valence-electron chi connectivity index (χ4n) is 2.81. The summed E-state index contributed by atoms with van der Waals surface area (Å²) in [6.07, 6.45) is 6.41. The molecule has 0 aliphatic carbocycles. The summed E-state index contributed by atoms with van der Waals surface area (Å²) in [6, 6.07) is 10.4. The van der Waals surface area contributed by atoms with Gasteiger partial charge < -0.3 is 9.47 Å². The van der Waals surface area contributed by atoms with Crippen molar-refractivity contribution in [3.05, 3.63) is 35.9 Å². The quantitative estimate of drug-likeness (QED) is 0.299. The van der Waals surface area contributed by atoms with Crippen LogP contribution in [-0.2, 0) is 0 Å². The first kappa shape index (κ1) is 20.2. The Hall–Kier alpha value is -1.12. The van der Waals surface area contributed by atoms with Gasteiger partial charge in [0.15, 0.2) is 0 Å². The average Bonchev–Trinajstić information content (AvgIpc) is 2.63. The largest absolute Gasteiger partial charge is 0.494 e. The van der Waals surface area contributed by atoms with Gasteiger partial charge in [-0.05, 0) is 80.0 Å². The van der Waals surface area contributed by atoms with Gasteiger partial charge in [-0.25, -0.2) is 0 Å². The van der Waals surface area contributed by atoms with Crippen LogP contribution < -0.4 is 9.47 Å². The summed E-state index contributed by atoms with van der Waals surface area (Å²) >= 11 is 11.4. The Morgan fingerprint density at radius 3 is 2.12 bits per heavy atom. The molecule has 0 saturated heterocycles. The number of aryl methyl sites for hydroxylation is 1. The molecule has 0 N–H and O–H groups in total. The number of unbranched alkanes of at least 4 members (excludes halogenated alkanes) is 4. The molecule has 138 valence electrons. The van der Waals surface area contributed by atoms with Crippen LogP contribution in [0.4, 0.5) is 0 Å². The number of benzene rings is 2. The van der Waals surface area contributed by atoms with Crippen LogP contribution in [0.2, 0.25) is 0 Å². The second-order valence-corrected chi connectivity index (χ2v) is 7.02. The molecule has 2 aromatic carbocycles. The van der Waals surface area contributed by atoms with Gasteiger partial charge >= 0.3 is 0 Å². The van der Waals surface area contributed by atoms with E-state index in [9.17, 15) is 0 Å². The normalized spacial score (nSPS) is 11.0. The minimum absolute atomic E-state index is 0.728. The van der Waals surface area contributed by atoms with Crippen LogP contribution in [-0.4, -0.2) is 25.0 Å². The molecule has 0 amide bonds. The summed E-state index contributed by atoms with van der Waals surface area (Å²) < 4.78 is 11.8. The van der Waals surface area contributed by atoms with Crippen LogP contribution in [0.5, 0.6) is 11.5 Å². The van der Waals surface area contributed by atoms with Gasteiger partial charge in [-0.3, -0.25) is 0 Å². The molecule has 0 aliphatic heterocycles. The van der Waals surface area contributed by atoms with Crippen molar-refractivity contribution in [1.29, 1.82) is 0 Å². The lowest BCUT2D eigenvalue weighted by Gasteiger charge is -2.13. The number of hydrogen-bond acceptors (Lipinski definition) is 2. The summed E-state index contributed by atoms with van der Waals surface area (Å²) in [5, 5.41) is 2.40. The van der Waals surface area contributed by atoms with Crippen LogP contribution in [0.3, 0.4) is 0 Å². The zero-order valence-electron chi connectivity index (χ0n) is 15.0. The fraction of sp³-hybridized carbons (Fsp3) is 0.524. The van der Waals surface area contributed by atoms with Crippen molar-refractivity contribution < 1.29 is 9.47 Å². The van der Waals surface area contributed by atoms with Crippen LogP contribution in [0, 0.1) is 6.92 Å². The van der Waals surface area contributed by atoms with E-state index >= 15 is 0 Å². The maximum Gasteiger partial charge on any atom is 0.122 e. The molecular formula is C21H28Cl2O2. The first-order valence-corrected chi connectivity index (χ1v) is 10.2. The average molecular weight is 383 g/mol. The Morgan fingerprint density at radius 1 is 0.760 bits per heavy atom. The Labute approximate surface area is 161 Å². The van der Waals surface area contributed by atoms with Gasteiger partial charge in [-0.15, -0.1) is 23.2 Å². The van der Waals surface area contributed by atoms with Crippen molar-refractivity contribution in [2.24, 2.45) is 0 Å². The van der Waals surface area contributed by atoms with E-state index in [0.717, 1.165) is 75.0 Å². The summed E-state index contributed by atoms with van der Waals surface area (Å²) in [4.78, 5) is 0. The van der Waals surface area contributed by atoms with Crippen molar-refractivity contribution in [1.82, 2.24) is 0 Å². The highest BCUT2D eigenvalue weighted by Gasteiger charge is 2.06. The Kier molecular flexibility index (Phi) is 9.28. The summed E-state index contributed by atoms with van der Waals surface area (Å²) in [6.45, 7) is 3.60. The van der Waals surface area contributed by atoms with Crippen molar-refractivity contribution in [3.63, 3.8) is 0 Å². The molecule has 0 radical (unpaired) electrons. The van der Waals surface area contributed by atoms with Gasteiger partial charge in [-0.2, -0.15) is 0 Å². The molecule has 0 fully saturated rings. The first-order valence-electron chi connectivity index (χ1n) is 9.17. The Bertz CT molecular complexity index is 643. The highest BCUT2D eigenvalue weighted by atomic mass is 35.5. The molecule has 0 unspecified atom stereocenters. The number of hydrogen-bond donors (Lipinski definition) is 0. The topological polar surface area (TPSA) is 18.5 Å². The second kappa shape index (κ2) is 11.5. The van der Waals surface area contributed by atoms with Gasteiger partial charge in [0.1, 0.15) is 11.5 Å². The molecule has 2 aromatic rings. The van der Waals surface area contributed by atoms with E-state index in [1.165, 1.54) is 16.3 Å². The molecule has 0 spiro atoms. The van der Waals surface area contributed by atoms with E-state index in [1.54, 1.807) is 0 Å². The van der Waals surface area contributed by atoms with Gasteiger partial charge in [0.2, 0.25) is 0 Å². The van der Waals surface area contributed by atoms with Gasteiger partial charge in [0.25, 0.3) is 0 Å². The van der Waals surface area contributed by atoms with Crippen LogP contribution in [0.15, 0.2) is 30.3 Å². The molecule has 2 rings (SSSR count). The zero-order chi connectivity index (χ0) is 17.9. The van der Waals surface area contributed by atoms with Gasteiger partial charge in [-0.1, -0.05) is 12.1 Å². The maximum absolute atomic E-state index is 5.94. The summed E-state index contributed by atoms with van der Waals surface area (Å²) in [7, 11) is 0. The minimum atomic E-state index is 0.728. The predicted molar refractivity (Wildman–Crippen MR) is 109 cm³/mol. The molecule has 0 bridgehead atoms. The molecule has 0 aliphatic rings. The van der Waals surface area contributed by atoms with E-state index in [-0.39, 0.29) is 0 Å². The summed E-state index contributed by atoms with van der Waals surface area (Å²) in [5.41, 5.74) is 1.18. The molecule has 4 heteroatoms. The van der Waals surface area contributed by atoms with E-state index in [2.05, 4.69) is 31.2 Å². The Morgan fingerprint density at radius 2 is 1.44 bits per heavy atom. The van der Waals surface area contributed by atoms with Crippen LogP contribution >= 0.6 is 23.2 Å². The van der Waals surface area contributed by atoms with Crippen LogP contribution in [0.25, 0.3) is 10.8 Å². The standard InChI is InChI=1S/C21H28Cl2O2/c1-17-20-10-9-19(24-14-6-2-4-12-22)16-18(20)8-11-21(17)25-15-7-3-5-13-23/h8-11,16H,2-7,12-15H2,1H3.